The molecule has 0 saturated heterocycles. The van der Waals surface area contributed by atoms with Gasteiger partial charge in [0.25, 0.3) is 0 Å². The zero-order valence-electron chi connectivity index (χ0n) is 41.6. The van der Waals surface area contributed by atoms with E-state index >= 15 is 0 Å². The van der Waals surface area contributed by atoms with Gasteiger partial charge in [-0.3, -0.25) is 13.8 Å². The Bertz CT molecular complexity index is 1110. The number of nitrogens with one attached hydrogen (secondary N) is 1. The number of rotatable bonds is 48. The van der Waals surface area contributed by atoms with E-state index in [9.17, 15) is 19.4 Å². The van der Waals surface area contributed by atoms with Crippen LogP contribution in [0.15, 0.2) is 36.5 Å². The van der Waals surface area contributed by atoms with Crippen molar-refractivity contribution in [3.8, 4) is 0 Å². The molecule has 62 heavy (non-hydrogen) atoms. The summed E-state index contributed by atoms with van der Waals surface area (Å²) in [6.45, 7) is 4.81. The molecule has 0 rings (SSSR count). The lowest BCUT2D eigenvalue weighted by Crippen LogP contribution is -2.45. The van der Waals surface area contributed by atoms with Crippen LogP contribution >= 0.6 is 7.82 Å². The third-order valence-electron chi connectivity index (χ3n) is 11.8. The van der Waals surface area contributed by atoms with Gasteiger partial charge >= 0.3 is 7.82 Å². The average Bonchev–Trinajstić information content (AvgIpc) is 3.23. The Morgan fingerprint density at radius 2 is 0.887 bits per heavy atom. The second-order valence-electron chi connectivity index (χ2n) is 19.2. The summed E-state index contributed by atoms with van der Waals surface area (Å²) in [5.74, 6) is -0.188. The van der Waals surface area contributed by atoms with Gasteiger partial charge in [0.05, 0.1) is 39.9 Å². The third kappa shape index (κ3) is 46.7. The number of aliphatic hydroxyl groups excluding tert-OH is 1. The van der Waals surface area contributed by atoms with Crippen molar-refractivity contribution in [2.45, 2.75) is 257 Å². The topological polar surface area (TPSA) is 105 Å². The average molecular weight is 896 g/mol. The smallest absolute Gasteiger partial charge is 0.387 e. The number of allylic oxidation sites excluding steroid dienone is 5. The van der Waals surface area contributed by atoms with Crippen LogP contribution in [0.25, 0.3) is 0 Å². The van der Waals surface area contributed by atoms with Gasteiger partial charge < -0.3 is 19.8 Å². The van der Waals surface area contributed by atoms with Crippen LogP contribution in [0.5, 0.6) is 0 Å². The summed E-state index contributed by atoms with van der Waals surface area (Å²) >= 11 is 0. The Labute approximate surface area is 385 Å². The number of unbranched alkanes of at least 4 members (excludes halogenated alkanes) is 31. The van der Waals surface area contributed by atoms with E-state index in [1.165, 1.54) is 186 Å². The lowest BCUT2D eigenvalue weighted by molar-refractivity contribution is -0.870. The number of phosphoric acid groups is 1. The zero-order chi connectivity index (χ0) is 45.7. The molecule has 0 aromatic carbocycles. The molecule has 0 saturated carbocycles. The second kappa shape index (κ2) is 44.9. The van der Waals surface area contributed by atoms with Crippen molar-refractivity contribution in [1.29, 1.82) is 0 Å². The molecule has 0 aliphatic rings. The Kier molecular flexibility index (Phi) is 44.0. The number of carbonyl (C=O) groups excluding carboxylic acids is 1. The first kappa shape index (κ1) is 60.7. The summed E-state index contributed by atoms with van der Waals surface area (Å²) in [6.07, 6.45) is 56.6. The van der Waals surface area contributed by atoms with E-state index < -0.39 is 20.0 Å². The molecule has 0 fully saturated rings. The van der Waals surface area contributed by atoms with Gasteiger partial charge in [-0.05, 0) is 57.8 Å². The van der Waals surface area contributed by atoms with Crippen LogP contribution in [-0.2, 0) is 18.4 Å². The van der Waals surface area contributed by atoms with Crippen LogP contribution in [-0.4, -0.2) is 73.4 Å². The van der Waals surface area contributed by atoms with E-state index in [-0.39, 0.29) is 19.1 Å². The highest BCUT2D eigenvalue weighted by atomic mass is 31.2. The minimum atomic E-state index is -4.35. The number of nitrogens with zero attached hydrogens (tertiary/aromatic N) is 1. The van der Waals surface area contributed by atoms with Crippen LogP contribution in [0, 0.1) is 0 Å². The lowest BCUT2D eigenvalue weighted by atomic mass is 10.0. The van der Waals surface area contributed by atoms with Crippen molar-refractivity contribution < 1.29 is 32.9 Å². The van der Waals surface area contributed by atoms with E-state index in [1.807, 2.05) is 27.2 Å². The van der Waals surface area contributed by atoms with E-state index in [2.05, 4.69) is 43.5 Å². The first-order valence-electron chi connectivity index (χ1n) is 26.4. The first-order chi connectivity index (χ1) is 30.0. The number of quaternary nitrogens is 1. The number of carbonyl (C=O) groups is 1. The standard InChI is InChI=1S/C53H103N2O6P/c1-6-8-10-12-14-16-18-20-22-23-24-25-26-27-28-29-30-31-33-35-37-39-41-43-45-47-53(57)54-51(50-61-62(58,59)60-49-48-55(3,4)5)52(56)46-44-42-40-38-36-34-32-21-19-17-15-13-11-9-7-2/h27-28,36,38,44,46,51-52,56H,6-26,29-35,37,39-43,45,47-50H2,1-5H3,(H-,54,57,58,59)/p+1/b28-27-,38-36+,46-44+. The number of phosphoric ester groups is 1. The summed E-state index contributed by atoms with van der Waals surface area (Å²) in [6, 6.07) is -0.863. The van der Waals surface area contributed by atoms with Crippen molar-refractivity contribution in [3.05, 3.63) is 36.5 Å². The van der Waals surface area contributed by atoms with Gasteiger partial charge in [0.1, 0.15) is 13.2 Å². The number of likely N-dealkylation sites (N-methyl/N-ethyl adjacent to an activating group) is 1. The molecule has 9 heteroatoms. The first-order valence-corrected chi connectivity index (χ1v) is 27.9. The summed E-state index contributed by atoms with van der Waals surface area (Å²) < 4.78 is 23.6. The molecule has 0 aliphatic carbocycles. The van der Waals surface area contributed by atoms with Gasteiger partial charge in [0.15, 0.2) is 0 Å². The van der Waals surface area contributed by atoms with Crippen LogP contribution < -0.4 is 5.32 Å². The molecular weight excluding hydrogens is 792 g/mol. The normalized spacial score (nSPS) is 14.4. The molecule has 3 unspecified atom stereocenters. The van der Waals surface area contributed by atoms with E-state index in [1.54, 1.807) is 6.08 Å². The van der Waals surface area contributed by atoms with Gasteiger partial charge in [0.2, 0.25) is 5.91 Å². The molecule has 0 spiro atoms. The molecule has 0 radical (unpaired) electrons. The fraction of sp³-hybridized carbons (Fsp3) is 0.868. The van der Waals surface area contributed by atoms with Gasteiger partial charge in [-0.25, -0.2) is 4.57 Å². The second-order valence-corrected chi connectivity index (χ2v) is 20.7. The van der Waals surface area contributed by atoms with Crippen molar-refractivity contribution in [3.63, 3.8) is 0 Å². The molecule has 3 N–H and O–H groups in total. The monoisotopic (exact) mass is 896 g/mol. The fourth-order valence-electron chi connectivity index (χ4n) is 7.64. The predicted octanol–water partition coefficient (Wildman–Crippen LogP) is 15.4. The Morgan fingerprint density at radius 1 is 0.532 bits per heavy atom. The van der Waals surface area contributed by atoms with Crippen molar-refractivity contribution in [1.82, 2.24) is 5.32 Å². The molecule has 1 amide bonds. The molecular formula is C53H104N2O6P+. The quantitative estimate of drug-likeness (QED) is 0.0243. The number of amides is 1. The van der Waals surface area contributed by atoms with Crippen molar-refractivity contribution >= 4 is 13.7 Å². The maximum atomic E-state index is 12.9. The minimum Gasteiger partial charge on any atom is -0.387 e. The highest BCUT2D eigenvalue weighted by Gasteiger charge is 2.27. The van der Waals surface area contributed by atoms with Gasteiger partial charge in [-0.2, -0.15) is 0 Å². The molecule has 0 bridgehead atoms. The maximum Gasteiger partial charge on any atom is 0.472 e. The zero-order valence-corrected chi connectivity index (χ0v) is 42.5. The van der Waals surface area contributed by atoms with Crippen LogP contribution in [0.2, 0.25) is 0 Å². The maximum absolute atomic E-state index is 12.9. The fourth-order valence-corrected chi connectivity index (χ4v) is 8.38. The van der Waals surface area contributed by atoms with Crippen LogP contribution in [0.3, 0.4) is 0 Å². The SMILES string of the molecule is CCCCCCCCCCC/C=C/CC/C=C/C(O)C(COP(=O)(O)OCC[N+](C)(C)C)NC(=O)CCCCCCCCCCC/C=C\CCCCCCCCCCCCCC. The largest absolute Gasteiger partial charge is 0.472 e. The van der Waals surface area contributed by atoms with Gasteiger partial charge in [-0.1, -0.05) is 217 Å². The van der Waals surface area contributed by atoms with E-state index in [0.717, 1.165) is 38.5 Å². The molecule has 0 aromatic rings. The molecule has 0 aromatic heterocycles. The number of aliphatic hydroxyl groups is 1. The minimum absolute atomic E-state index is 0.0561. The van der Waals surface area contributed by atoms with E-state index in [4.69, 9.17) is 9.05 Å². The number of hydrogen-bond donors (Lipinski definition) is 3. The van der Waals surface area contributed by atoms with Gasteiger partial charge in [-0.15, -0.1) is 0 Å². The highest BCUT2D eigenvalue weighted by molar-refractivity contribution is 7.47. The summed E-state index contributed by atoms with van der Waals surface area (Å²) in [5.41, 5.74) is 0. The molecule has 0 heterocycles. The Hall–Kier alpha value is -1.28. The van der Waals surface area contributed by atoms with Crippen molar-refractivity contribution in [2.24, 2.45) is 0 Å². The Morgan fingerprint density at radius 3 is 1.29 bits per heavy atom. The van der Waals surface area contributed by atoms with Crippen LogP contribution in [0.4, 0.5) is 0 Å². The van der Waals surface area contributed by atoms with Crippen LogP contribution in [0.1, 0.15) is 245 Å². The predicted molar refractivity (Wildman–Crippen MR) is 268 cm³/mol. The molecule has 3 atom stereocenters. The summed E-state index contributed by atoms with van der Waals surface area (Å²) in [7, 11) is 1.56. The molecule has 0 aliphatic heterocycles. The Balaban J connectivity index is 4.25. The highest BCUT2D eigenvalue weighted by Crippen LogP contribution is 2.43. The molecule has 366 valence electrons. The van der Waals surface area contributed by atoms with Gasteiger partial charge in [0, 0.05) is 6.42 Å². The van der Waals surface area contributed by atoms with Crippen molar-refractivity contribution in [2.75, 3.05) is 40.9 Å². The molecule has 8 nitrogen and oxygen atoms in total. The number of hydrogen-bond acceptors (Lipinski definition) is 5. The third-order valence-corrected chi connectivity index (χ3v) is 12.8. The lowest BCUT2D eigenvalue weighted by Gasteiger charge is -2.25. The van der Waals surface area contributed by atoms with E-state index in [0.29, 0.717) is 17.4 Å². The summed E-state index contributed by atoms with van der Waals surface area (Å²) in [5, 5.41) is 13.9. The summed E-state index contributed by atoms with van der Waals surface area (Å²) in [4.78, 5) is 23.2.